The van der Waals surface area contributed by atoms with Crippen molar-refractivity contribution in [3.05, 3.63) is 23.3 Å². The minimum atomic E-state index is -0.195. The topological polar surface area (TPSA) is 70.9 Å². The second-order valence-electron chi connectivity index (χ2n) is 10.2. The average molecular weight is 479 g/mol. The van der Waals surface area contributed by atoms with Crippen molar-refractivity contribution in [2.45, 2.75) is 115 Å². The van der Waals surface area contributed by atoms with Gasteiger partial charge in [-0.25, -0.2) is 0 Å². The Balaban J connectivity index is 0.000000547. The molecule has 0 fully saturated rings. The molecule has 32 heavy (non-hydrogen) atoms. The van der Waals surface area contributed by atoms with Gasteiger partial charge in [0.15, 0.2) is 10.3 Å². The summed E-state index contributed by atoms with van der Waals surface area (Å²) in [5, 5.41) is 14.3. The van der Waals surface area contributed by atoms with Crippen LogP contribution in [-0.4, -0.2) is 20.1 Å². The minimum Gasteiger partial charge on any atom is -0.508 e. The van der Waals surface area contributed by atoms with Gasteiger partial charge in [0.25, 0.3) is 0 Å². The van der Waals surface area contributed by atoms with Crippen molar-refractivity contribution in [3.8, 4) is 5.75 Å². The lowest BCUT2D eigenvalue weighted by molar-refractivity contribution is 0.443. The highest BCUT2D eigenvalue weighted by molar-refractivity contribution is 7.80. The number of hydrogen-bond acceptors (Lipinski definition) is 7. The number of aromatic hydroxyl groups is 1. The second kappa shape index (κ2) is 12.7. The Bertz CT molecular complexity index is 832. The van der Waals surface area contributed by atoms with Crippen LogP contribution in [0.1, 0.15) is 105 Å². The van der Waals surface area contributed by atoms with Gasteiger partial charge in [0, 0.05) is 11.3 Å². The number of phenols is 1. The maximum Gasteiger partial charge on any atom is 0.232 e. The highest BCUT2D eigenvalue weighted by Crippen LogP contribution is 2.40. The first-order chi connectivity index (χ1) is 14.8. The smallest absolute Gasteiger partial charge is 0.232 e. The van der Waals surface area contributed by atoms with Crippen molar-refractivity contribution in [1.29, 1.82) is 0 Å². The fraction of sp³-hybridized carbons (Fsp3) is 0.640. The summed E-state index contributed by atoms with van der Waals surface area (Å²) in [6.07, 6.45) is 8.49. The van der Waals surface area contributed by atoms with E-state index in [1.54, 1.807) is 0 Å². The zero-order valence-electron chi connectivity index (χ0n) is 21.1. The molecule has 0 amide bonds. The van der Waals surface area contributed by atoms with Gasteiger partial charge in [-0.1, -0.05) is 93.9 Å². The monoisotopic (exact) mass is 478 g/mol. The van der Waals surface area contributed by atoms with Crippen LogP contribution >= 0.6 is 25.3 Å². The maximum atomic E-state index is 10.5. The molecule has 1 aromatic carbocycles. The Morgan fingerprint density at radius 3 is 1.62 bits per heavy atom. The first kappa shape index (κ1) is 28.6. The Morgan fingerprint density at radius 1 is 0.750 bits per heavy atom. The SMILES string of the molecule is CC(C)(C)c1cc(Nc2nc(S)nc(S)n2)c(C(C)(C)C)cc1O.CCCCCCCC. The highest BCUT2D eigenvalue weighted by atomic mass is 32.1. The number of anilines is 2. The van der Waals surface area contributed by atoms with Crippen molar-refractivity contribution in [2.24, 2.45) is 0 Å². The number of thiol groups is 2. The van der Waals surface area contributed by atoms with E-state index in [-0.39, 0.29) is 10.8 Å². The predicted molar refractivity (Wildman–Crippen MR) is 142 cm³/mol. The summed E-state index contributed by atoms with van der Waals surface area (Å²) in [5.41, 5.74) is 2.30. The molecule has 0 aliphatic carbocycles. The molecule has 0 spiro atoms. The van der Waals surface area contributed by atoms with E-state index >= 15 is 0 Å². The summed E-state index contributed by atoms with van der Waals surface area (Å²) in [6.45, 7) is 17.0. The molecular weight excluding hydrogens is 436 g/mol. The molecule has 0 saturated heterocycles. The number of unbranched alkanes of at least 4 members (excludes halogenated alkanes) is 5. The summed E-state index contributed by atoms with van der Waals surface area (Å²) >= 11 is 8.33. The molecule has 5 nitrogen and oxygen atoms in total. The lowest BCUT2D eigenvalue weighted by Crippen LogP contribution is -2.18. The molecule has 7 heteroatoms. The van der Waals surface area contributed by atoms with Crippen LogP contribution in [0, 0.1) is 0 Å². The van der Waals surface area contributed by atoms with Gasteiger partial charge in [-0.3, -0.25) is 0 Å². The molecular formula is C25H42N4OS2. The van der Waals surface area contributed by atoms with Crippen molar-refractivity contribution < 1.29 is 5.11 Å². The van der Waals surface area contributed by atoms with Crippen LogP contribution < -0.4 is 5.32 Å². The Hall–Kier alpha value is -1.47. The van der Waals surface area contributed by atoms with Crippen molar-refractivity contribution in [3.63, 3.8) is 0 Å². The van der Waals surface area contributed by atoms with Crippen LogP contribution in [0.25, 0.3) is 0 Å². The third kappa shape index (κ3) is 9.57. The van der Waals surface area contributed by atoms with Crippen LogP contribution in [0.15, 0.2) is 22.4 Å². The van der Waals surface area contributed by atoms with Crippen molar-refractivity contribution in [1.82, 2.24) is 15.0 Å². The predicted octanol–water partition coefficient (Wildman–Crippen LogP) is 7.86. The minimum absolute atomic E-state index is 0.170. The normalized spacial score (nSPS) is 11.7. The van der Waals surface area contributed by atoms with Crippen LogP contribution in [0.3, 0.4) is 0 Å². The number of phenolic OH excluding ortho intramolecular Hbond substituents is 1. The van der Waals surface area contributed by atoms with Gasteiger partial charge < -0.3 is 10.4 Å². The lowest BCUT2D eigenvalue weighted by atomic mass is 9.80. The zero-order chi connectivity index (χ0) is 24.5. The number of rotatable bonds is 7. The average Bonchev–Trinajstić information content (AvgIpc) is 2.64. The number of hydrogen-bond donors (Lipinski definition) is 4. The molecule has 0 aliphatic heterocycles. The molecule has 0 atom stereocenters. The van der Waals surface area contributed by atoms with Crippen LogP contribution in [0.2, 0.25) is 0 Å². The molecule has 1 heterocycles. The summed E-state index contributed by atoms with van der Waals surface area (Å²) < 4.78 is 0. The second-order valence-corrected chi connectivity index (χ2v) is 11.0. The van der Waals surface area contributed by atoms with E-state index in [0.29, 0.717) is 22.0 Å². The number of nitrogens with zero attached hydrogens (tertiary/aromatic N) is 3. The summed E-state index contributed by atoms with van der Waals surface area (Å²) in [7, 11) is 0. The van der Waals surface area contributed by atoms with Crippen LogP contribution in [0.5, 0.6) is 5.75 Å². The van der Waals surface area contributed by atoms with E-state index < -0.39 is 0 Å². The molecule has 0 radical (unpaired) electrons. The Kier molecular flexibility index (Phi) is 11.3. The highest BCUT2D eigenvalue weighted by Gasteiger charge is 2.25. The van der Waals surface area contributed by atoms with Crippen LogP contribution in [-0.2, 0) is 10.8 Å². The van der Waals surface area contributed by atoms with E-state index in [4.69, 9.17) is 0 Å². The molecule has 1 aromatic heterocycles. The molecule has 0 unspecified atom stereocenters. The van der Waals surface area contributed by atoms with Crippen LogP contribution in [0.4, 0.5) is 11.6 Å². The van der Waals surface area contributed by atoms with Gasteiger partial charge in [-0.05, 0) is 28.5 Å². The first-order valence-electron chi connectivity index (χ1n) is 11.6. The Labute approximate surface area is 206 Å². The van der Waals surface area contributed by atoms with Gasteiger partial charge >= 0.3 is 0 Å². The standard InChI is InChI=1S/C17H24N4OS2.C8H18/c1-16(2,3)9-8-12(22)10(17(4,5)6)7-11(9)18-13-19-14(23)21-15(24)20-13;1-3-5-7-8-6-4-2/h7-8,22H,1-6H3,(H3,18,19,20,21,23,24);3-8H2,1-2H3. The summed E-state index contributed by atoms with van der Waals surface area (Å²) in [5.74, 6) is 0.662. The molecule has 2 N–H and O–H groups in total. The first-order valence-corrected chi connectivity index (χ1v) is 12.5. The molecule has 2 aromatic rings. The molecule has 0 bridgehead atoms. The quantitative estimate of drug-likeness (QED) is 0.185. The molecule has 180 valence electrons. The molecule has 2 rings (SSSR count). The van der Waals surface area contributed by atoms with Gasteiger partial charge in [0.05, 0.1) is 0 Å². The number of benzene rings is 1. The number of nitrogens with one attached hydrogen (secondary N) is 1. The van der Waals surface area contributed by atoms with E-state index in [2.05, 4.69) is 101 Å². The Morgan fingerprint density at radius 2 is 1.22 bits per heavy atom. The fourth-order valence-corrected chi connectivity index (χ4v) is 3.75. The zero-order valence-corrected chi connectivity index (χ0v) is 22.9. The van der Waals surface area contributed by atoms with Gasteiger partial charge in [-0.15, -0.1) is 25.3 Å². The van der Waals surface area contributed by atoms with Gasteiger partial charge in [-0.2, -0.15) is 15.0 Å². The fourth-order valence-electron chi connectivity index (χ4n) is 3.30. The van der Waals surface area contributed by atoms with E-state index in [0.717, 1.165) is 16.8 Å². The molecule has 0 aliphatic rings. The largest absolute Gasteiger partial charge is 0.508 e. The molecule has 0 saturated carbocycles. The number of aromatic nitrogens is 3. The van der Waals surface area contributed by atoms with E-state index in [1.807, 2.05) is 12.1 Å². The summed E-state index contributed by atoms with van der Waals surface area (Å²) in [6, 6.07) is 3.77. The maximum absolute atomic E-state index is 10.5. The van der Waals surface area contributed by atoms with Crippen molar-refractivity contribution in [2.75, 3.05) is 5.32 Å². The van der Waals surface area contributed by atoms with Gasteiger partial charge in [0.2, 0.25) is 5.95 Å². The van der Waals surface area contributed by atoms with E-state index in [1.165, 1.54) is 38.5 Å². The van der Waals surface area contributed by atoms with Crippen molar-refractivity contribution >= 4 is 36.9 Å². The summed E-state index contributed by atoms with van der Waals surface area (Å²) in [4.78, 5) is 12.3. The lowest BCUT2D eigenvalue weighted by Gasteiger charge is -2.28. The van der Waals surface area contributed by atoms with Gasteiger partial charge in [0.1, 0.15) is 5.75 Å². The third-order valence-electron chi connectivity index (χ3n) is 5.07. The van der Waals surface area contributed by atoms with E-state index in [9.17, 15) is 5.11 Å². The third-order valence-corrected chi connectivity index (χ3v) is 5.47.